The minimum Gasteiger partial charge on any atom is -0.318 e. The molecule has 0 fully saturated rings. The molecule has 100 valence electrons. The number of hydrogen-bond donors (Lipinski definition) is 1. The number of carbonyl (C=O) groups is 1. The van der Waals surface area contributed by atoms with E-state index in [0.29, 0.717) is 12.3 Å². The van der Waals surface area contributed by atoms with Gasteiger partial charge in [-0.05, 0) is 11.5 Å². The van der Waals surface area contributed by atoms with Crippen LogP contribution in [0.3, 0.4) is 0 Å². The first kappa shape index (κ1) is 14.9. The van der Waals surface area contributed by atoms with Crippen LogP contribution in [0.15, 0.2) is 30.3 Å². The van der Waals surface area contributed by atoms with Gasteiger partial charge >= 0.3 is 0 Å². The lowest BCUT2D eigenvalue weighted by atomic mass is 9.90. The summed E-state index contributed by atoms with van der Waals surface area (Å²) in [5.41, 5.74) is 6.94. The average molecular weight is 247 g/mol. The Morgan fingerprint density at radius 3 is 2.44 bits per heavy atom. The normalized spacial score (nSPS) is 14.2. The molecule has 2 atom stereocenters. The van der Waals surface area contributed by atoms with Crippen LogP contribution in [0.4, 0.5) is 0 Å². The molecule has 0 aliphatic heterocycles. The van der Waals surface area contributed by atoms with Gasteiger partial charge in [-0.25, -0.2) is 0 Å². The molecule has 0 bridgehead atoms. The number of Topliss-reactive ketones (excluding diaryl/α,β-unsaturated/α-hetero) is 1. The highest BCUT2D eigenvalue weighted by atomic mass is 16.1. The van der Waals surface area contributed by atoms with Crippen LogP contribution in [-0.2, 0) is 4.79 Å². The van der Waals surface area contributed by atoms with Crippen LogP contribution >= 0.6 is 0 Å². The van der Waals surface area contributed by atoms with Gasteiger partial charge in [-0.3, -0.25) is 4.79 Å². The first-order valence-corrected chi connectivity index (χ1v) is 7.02. The van der Waals surface area contributed by atoms with Gasteiger partial charge in [0.1, 0.15) is 0 Å². The Bertz CT molecular complexity index is 347. The molecule has 0 amide bonds. The maximum absolute atomic E-state index is 12.2. The average Bonchev–Trinajstić information content (AvgIpc) is 2.43. The van der Waals surface area contributed by atoms with Crippen molar-refractivity contribution in [3.05, 3.63) is 35.9 Å². The Labute approximate surface area is 111 Å². The zero-order valence-corrected chi connectivity index (χ0v) is 11.6. The van der Waals surface area contributed by atoms with Gasteiger partial charge in [0.25, 0.3) is 0 Å². The Kier molecular flexibility index (Phi) is 6.66. The van der Waals surface area contributed by atoms with Gasteiger partial charge in [0.15, 0.2) is 5.78 Å². The summed E-state index contributed by atoms with van der Waals surface area (Å²) < 4.78 is 0. The third-order valence-electron chi connectivity index (χ3n) is 3.54. The van der Waals surface area contributed by atoms with Crippen LogP contribution in [-0.4, -0.2) is 5.78 Å². The van der Waals surface area contributed by atoms with E-state index in [1.165, 1.54) is 12.8 Å². The van der Waals surface area contributed by atoms with Crippen molar-refractivity contribution in [3.63, 3.8) is 0 Å². The van der Waals surface area contributed by atoms with Gasteiger partial charge in [-0.15, -0.1) is 0 Å². The van der Waals surface area contributed by atoms with Crippen LogP contribution in [0, 0.1) is 5.92 Å². The summed E-state index contributed by atoms with van der Waals surface area (Å²) >= 11 is 0. The summed E-state index contributed by atoms with van der Waals surface area (Å²) in [4.78, 5) is 12.2. The monoisotopic (exact) mass is 247 g/mol. The van der Waals surface area contributed by atoms with Gasteiger partial charge in [0, 0.05) is 6.42 Å². The SMILES string of the molecule is CCCCC(CC)CC(=O)C(N)c1ccccc1. The van der Waals surface area contributed by atoms with E-state index in [9.17, 15) is 4.79 Å². The second-order valence-electron chi connectivity index (χ2n) is 4.98. The summed E-state index contributed by atoms with van der Waals surface area (Å²) in [5, 5.41) is 0. The largest absolute Gasteiger partial charge is 0.318 e. The highest BCUT2D eigenvalue weighted by molar-refractivity contribution is 5.85. The van der Waals surface area contributed by atoms with Crippen LogP contribution in [0.25, 0.3) is 0 Å². The molecule has 0 saturated heterocycles. The van der Waals surface area contributed by atoms with Crippen molar-refractivity contribution in [2.24, 2.45) is 11.7 Å². The molecule has 2 unspecified atom stereocenters. The topological polar surface area (TPSA) is 43.1 Å². The zero-order valence-electron chi connectivity index (χ0n) is 11.6. The number of ketones is 1. The summed E-state index contributed by atoms with van der Waals surface area (Å²) in [7, 11) is 0. The second kappa shape index (κ2) is 8.04. The molecule has 2 heteroatoms. The molecule has 1 rings (SSSR count). The molecular formula is C16H25NO. The Hall–Kier alpha value is -1.15. The minimum atomic E-state index is -0.457. The first-order valence-electron chi connectivity index (χ1n) is 7.02. The van der Waals surface area contributed by atoms with E-state index in [0.717, 1.165) is 18.4 Å². The number of rotatable bonds is 8. The fraction of sp³-hybridized carbons (Fsp3) is 0.562. The quantitative estimate of drug-likeness (QED) is 0.758. The second-order valence-corrected chi connectivity index (χ2v) is 4.98. The zero-order chi connectivity index (χ0) is 13.4. The fourth-order valence-electron chi connectivity index (χ4n) is 2.20. The molecule has 0 aliphatic carbocycles. The number of carbonyl (C=O) groups excluding carboxylic acids is 1. The van der Waals surface area contributed by atoms with Crippen LogP contribution in [0.1, 0.15) is 57.6 Å². The van der Waals surface area contributed by atoms with Gasteiger partial charge in [-0.2, -0.15) is 0 Å². The van der Waals surface area contributed by atoms with Gasteiger partial charge in [-0.1, -0.05) is 69.9 Å². The number of nitrogens with two attached hydrogens (primary N) is 1. The molecule has 18 heavy (non-hydrogen) atoms. The van der Waals surface area contributed by atoms with Crippen LogP contribution in [0.2, 0.25) is 0 Å². The molecular weight excluding hydrogens is 222 g/mol. The van der Waals surface area contributed by atoms with Crippen molar-refractivity contribution < 1.29 is 4.79 Å². The maximum atomic E-state index is 12.2. The van der Waals surface area contributed by atoms with Gasteiger partial charge < -0.3 is 5.73 Å². The number of hydrogen-bond acceptors (Lipinski definition) is 2. The van der Waals surface area contributed by atoms with Crippen molar-refractivity contribution in [1.29, 1.82) is 0 Å². The minimum absolute atomic E-state index is 0.171. The lowest BCUT2D eigenvalue weighted by Crippen LogP contribution is -2.23. The molecule has 0 radical (unpaired) electrons. The van der Waals surface area contributed by atoms with Crippen molar-refractivity contribution in [3.8, 4) is 0 Å². The van der Waals surface area contributed by atoms with Gasteiger partial charge in [0.2, 0.25) is 0 Å². The lowest BCUT2D eigenvalue weighted by molar-refractivity contribution is -0.121. The molecule has 0 saturated carbocycles. The van der Waals surface area contributed by atoms with E-state index in [2.05, 4.69) is 13.8 Å². The van der Waals surface area contributed by atoms with Crippen molar-refractivity contribution in [1.82, 2.24) is 0 Å². The van der Waals surface area contributed by atoms with Crippen molar-refractivity contribution in [2.45, 2.75) is 52.0 Å². The van der Waals surface area contributed by atoms with E-state index in [-0.39, 0.29) is 5.78 Å². The lowest BCUT2D eigenvalue weighted by Gasteiger charge is -2.17. The van der Waals surface area contributed by atoms with E-state index in [4.69, 9.17) is 5.73 Å². The van der Waals surface area contributed by atoms with E-state index in [1.807, 2.05) is 30.3 Å². The first-order chi connectivity index (χ1) is 8.69. The summed E-state index contributed by atoms with van der Waals surface area (Å²) in [6, 6.07) is 9.19. The van der Waals surface area contributed by atoms with Crippen molar-refractivity contribution >= 4 is 5.78 Å². The van der Waals surface area contributed by atoms with E-state index < -0.39 is 6.04 Å². The Morgan fingerprint density at radius 1 is 1.22 bits per heavy atom. The Morgan fingerprint density at radius 2 is 1.89 bits per heavy atom. The predicted molar refractivity (Wildman–Crippen MR) is 76.3 cm³/mol. The molecule has 2 nitrogen and oxygen atoms in total. The van der Waals surface area contributed by atoms with E-state index in [1.54, 1.807) is 0 Å². The summed E-state index contributed by atoms with van der Waals surface area (Å²) in [6.07, 6.45) is 5.21. The standard InChI is InChI=1S/C16H25NO/c1-3-5-9-13(4-2)12-15(18)16(17)14-10-7-6-8-11-14/h6-8,10-11,13,16H,3-5,9,12,17H2,1-2H3. The molecule has 0 spiro atoms. The van der Waals surface area contributed by atoms with Gasteiger partial charge in [0.05, 0.1) is 6.04 Å². The molecule has 1 aromatic rings. The smallest absolute Gasteiger partial charge is 0.154 e. The fourth-order valence-corrected chi connectivity index (χ4v) is 2.20. The number of benzene rings is 1. The molecule has 1 aromatic carbocycles. The highest BCUT2D eigenvalue weighted by Crippen LogP contribution is 2.21. The number of unbranched alkanes of at least 4 members (excludes halogenated alkanes) is 1. The summed E-state index contributed by atoms with van der Waals surface area (Å²) in [5.74, 6) is 0.663. The predicted octanol–water partition coefficient (Wildman–Crippen LogP) is 3.86. The molecule has 0 aromatic heterocycles. The third kappa shape index (κ3) is 4.61. The third-order valence-corrected chi connectivity index (χ3v) is 3.54. The molecule has 0 heterocycles. The molecule has 2 N–H and O–H groups in total. The van der Waals surface area contributed by atoms with Crippen LogP contribution < -0.4 is 5.73 Å². The van der Waals surface area contributed by atoms with Crippen molar-refractivity contribution in [2.75, 3.05) is 0 Å². The van der Waals surface area contributed by atoms with E-state index >= 15 is 0 Å². The maximum Gasteiger partial charge on any atom is 0.154 e. The Balaban J connectivity index is 2.53. The molecule has 0 aliphatic rings. The summed E-state index contributed by atoms with van der Waals surface area (Å²) in [6.45, 7) is 4.34. The van der Waals surface area contributed by atoms with Crippen LogP contribution in [0.5, 0.6) is 0 Å². The highest BCUT2D eigenvalue weighted by Gasteiger charge is 2.19.